The Balaban J connectivity index is 2.87. The van der Waals surface area contributed by atoms with Gasteiger partial charge in [-0.05, 0) is 13.8 Å². The van der Waals surface area contributed by atoms with Crippen molar-refractivity contribution < 1.29 is 9.59 Å². The summed E-state index contributed by atoms with van der Waals surface area (Å²) in [4.78, 5) is 22.7. The van der Waals surface area contributed by atoms with E-state index in [0.717, 1.165) is 12.3 Å². The topological polar surface area (TPSA) is 37.4 Å². The molecule has 2 atom stereocenters. The summed E-state index contributed by atoms with van der Waals surface area (Å²) < 4.78 is 0. The lowest BCUT2D eigenvalue weighted by Crippen LogP contribution is -2.52. The van der Waals surface area contributed by atoms with E-state index >= 15 is 0 Å². The quantitative estimate of drug-likeness (QED) is 0.433. The van der Waals surface area contributed by atoms with Gasteiger partial charge in [-0.15, -0.1) is 24.4 Å². The molecule has 1 rings (SSSR count). The molecule has 1 heterocycles. The van der Waals surface area contributed by atoms with Crippen molar-refractivity contribution in [2.24, 2.45) is 0 Å². The first-order chi connectivity index (χ1) is 6.02. The summed E-state index contributed by atoms with van der Waals surface area (Å²) in [6.45, 7) is 4.12. The molecule has 0 aromatic heterocycles. The van der Waals surface area contributed by atoms with Crippen LogP contribution in [0.25, 0.3) is 0 Å². The number of aldehydes is 1. The van der Waals surface area contributed by atoms with Crippen molar-refractivity contribution in [3.63, 3.8) is 0 Å². The number of nitrogens with zero attached hydrogens (tertiary/aromatic N) is 1. The van der Waals surface area contributed by atoms with E-state index in [2.05, 4.69) is 12.6 Å². The van der Waals surface area contributed by atoms with Crippen LogP contribution in [-0.4, -0.2) is 39.5 Å². The number of carbonyl (C=O) groups is 2. The number of hydrogen-bond acceptors (Lipinski definition) is 5. The highest BCUT2D eigenvalue weighted by Gasteiger charge is 2.42. The van der Waals surface area contributed by atoms with Crippen LogP contribution in [0.15, 0.2) is 0 Å². The standard InChI is InChI=1S/C8H13NO2S2/c1-6(11)8(12,5-10)9-3-4-13-7(9)2/h5,7,12H,3-4H2,1-2H3. The number of ketones is 1. The van der Waals surface area contributed by atoms with Crippen LogP contribution in [0.2, 0.25) is 0 Å². The molecule has 1 saturated heterocycles. The van der Waals surface area contributed by atoms with Gasteiger partial charge in [0.05, 0.1) is 5.37 Å². The van der Waals surface area contributed by atoms with Gasteiger partial charge in [-0.1, -0.05) is 0 Å². The number of carbonyl (C=O) groups excluding carboxylic acids is 2. The zero-order valence-electron chi connectivity index (χ0n) is 7.69. The third-order valence-corrected chi connectivity index (χ3v) is 4.08. The van der Waals surface area contributed by atoms with E-state index < -0.39 is 4.87 Å². The second-order valence-electron chi connectivity index (χ2n) is 3.06. The Kier molecular flexibility index (Phi) is 3.43. The Morgan fingerprint density at radius 2 is 2.38 bits per heavy atom. The first-order valence-electron chi connectivity index (χ1n) is 4.10. The van der Waals surface area contributed by atoms with Gasteiger partial charge < -0.3 is 0 Å². The molecule has 74 valence electrons. The predicted molar refractivity (Wildman–Crippen MR) is 57.1 cm³/mol. The summed E-state index contributed by atoms with van der Waals surface area (Å²) in [7, 11) is 0. The molecule has 5 heteroatoms. The third-order valence-electron chi connectivity index (χ3n) is 2.25. The van der Waals surface area contributed by atoms with Crippen molar-refractivity contribution >= 4 is 36.5 Å². The Hall–Kier alpha value is -0.0000000000000000555. The van der Waals surface area contributed by atoms with Crippen molar-refractivity contribution in [3.8, 4) is 0 Å². The third kappa shape index (κ3) is 1.92. The molecule has 2 unspecified atom stereocenters. The zero-order valence-corrected chi connectivity index (χ0v) is 9.40. The van der Waals surface area contributed by atoms with Gasteiger partial charge in [0.15, 0.2) is 16.9 Å². The van der Waals surface area contributed by atoms with Crippen molar-refractivity contribution in [1.29, 1.82) is 0 Å². The average molecular weight is 219 g/mol. The van der Waals surface area contributed by atoms with Crippen LogP contribution in [0.3, 0.4) is 0 Å². The van der Waals surface area contributed by atoms with Gasteiger partial charge in [0, 0.05) is 12.3 Å². The van der Waals surface area contributed by atoms with Crippen LogP contribution in [0.5, 0.6) is 0 Å². The number of thiol groups is 1. The van der Waals surface area contributed by atoms with E-state index in [9.17, 15) is 9.59 Å². The highest BCUT2D eigenvalue weighted by atomic mass is 32.2. The largest absolute Gasteiger partial charge is 0.300 e. The van der Waals surface area contributed by atoms with Crippen LogP contribution >= 0.6 is 24.4 Å². The van der Waals surface area contributed by atoms with Crippen LogP contribution in [0.4, 0.5) is 0 Å². The minimum Gasteiger partial charge on any atom is -0.300 e. The van der Waals surface area contributed by atoms with Crippen LogP contribution in [0.1, 0.15) is 13.8 Å². The van der Waals surface area contributed by atoms with Crippen LogP contribution in [0, 0.1) is 0 Å². The molecule has 13 heavy (non-hydrogen) atoms. The summed E-state index contributed by atoms with van der Waals surface area (Å²) in [5, 5.41) is 0.187. The minimum atomic E-state index is -1.22. The number of rotatable bonds is 3. The van der Waals surface area contributed by atoms with Gasteiger partial charge in [-0.2, -0.15) is 0 Å². The first kappa shape index (κ1) is 11.1. The van der Waals surface area contributed by atoms with Crippen molar-refractivity contribution in [3.05, 3.63) is 0 Å². The van der Waals surface area contributed by atoms with E-state index in [0.29, 0.717) is 6.29 Å². The molecular formula is C8H13NO2S2. The summed E-state index contributed by atoms with van der Waals surface area (Å²) >= 11 is 5.89. The smallest absolute Gasteiger partial charge is 0.180 e. The summed E-state index contributed by atoms with van der Waals surface area (Å²) in [6, 6.07) is 0. The fourth-order valence-electron chi connectivity index (χ4n) is 1.39. The van der Waals surface area contributed by atoms with E-state index in [1.807, 2.05) is 11.8 Å². The molecular weight excluding hydrogens is 206 g/mol. The molecule has 0 aromatic rings. The fraction of sp³-hybridized carbons (Fsp3) is 0.750. The highest BCUT2D eigenvalue weighted by molar-refractivity contribution is 8.00. The maximum absolute atomic E-state index is 11.3. The lowest BCUT2D eigenvalue weighted by atomic mass is 10.2. The van der Waals surface area contributed by atoms with Gasteiger partial charge >= 0.3 is 0 Å². The Labute approximate surface area is 87.6 Å². The molecule has 0 aromatic carbocycles. The molecule has 0 radical (unpaired) electrons. The molecule has 1 fully saturated rings. The zero-order chi connectivity index (χ0) is 10.1. The van der Waals surface area contributed by atoms with Gasteiger partial charge in [0.25, 0.3) is 0 Å². The van der Waals surface area contributed by atoms with Gasteiger partial charge in [0.1, 0.15) is 0 Å². The predicted octanol–water partition coefficient (Wildman–Crippen LogP) is 0.795. The second-order valence-corrected chi connectivity index (χ2v) is 5.17. The Morgan fingerprint density at radius 3 is 2.69 bits per heavy atom. The van der Waals surface area contributed by atoms with E-state index in [-0.39, 0.29) is 11.2 Å². The second kappa shape index (κ2) is 4.02. The van der Waals surface area contributed by atoms with E-state index in [1.54, 1.807) is 11.8 Å². The molecule has 0 bridgehead atoms. The molecule has 0 spiro atoms. The van der Waals surface area contributed by atoms with Gasteiger partial charge in [0.2, 0.25) is 0 Å². The molecule has 0 amide bonds. The number of thioether (sulfide) groups is 1. The SMILES string of the molecule is CC(=O)C(S)(C=O)N1CCSC1C. The van der Waals surface area contributed by atoms with Crippen molar-refractivity contribution in [1.82, 2.24) is 4.90 Å². The summed E-state index contributed by atoms with van der Waals surface area (Å²) in [6.07, 6.45) is 0.626. The van der Waals surface area contributed by atoms with Crippen LogP contribution in [-0.2, 0) is 9.59 Å². The number of Topliss-reactive ketones (excluding diaryl/α,β-unsaturated/α-hetero) is 1. The molecule has 0 N–H and O–H groups in total. The number of hydrogen-bond donors (Lipinski definition) is 1. The summed E-state index contributed by atoms with van der Waals surface area (Å²) in [5.41, 5.74) is 0. The lowest BCUT2D eigenvalue weighted by Gasteiger charge is -2.33. The molecule has 0 aliphatic carbocycles. The van der Waals surface area contributed by atoms with E-state index in [1.165, 1.54) is 6.92 Å². The Morgan fingerprint density at radius 1 is 1.77 bits per heavy atom. The van der Waals surface area contributed by atoms with Gasteiger partial charge in [-0.25, -0.2) is 0 Å². The monoisotopic (exact) mass is 219 g/mol. The molecule has 1 aliphatic heterocycles. The normalized spacial score (nSPS) is 28.4. The van der Waals surface area contributed by atoms with Crippen molar-refractivity contribution in [2.75, 3.05) is 12.3 Å². The molecule has 0 saturated carbocycles. The minimum absolute atomic E-state index is 0.187. The summed E-state index contributed by atoms with van der Waals surface area (Å²) in [5.74, 6) is 0.741. The maximum atomic E-state index is 11.3. The average Bonchev–Trinajstić information content (AvgIpc) is 2.50. The first-order valence-corrected chi connectivity index (χ1v) is 5.60. The van der Waals surface area contributed by atoms with E-state index in [4.69, 9.17) is 0 Å². The Bertz CT molecular complexity index is 234. The maximum Gasteiger partial charge on any atom is 0.180 e. The van der Waals surface area contributed by atoms with Gasteiger partial charge in [-0.3, -0.25) is 14.5 Å². The lowest BCUT2D eigenvalue weighted by molar-refractivity contribution is -0.129. The molecule has 3 nitrogen and oxygen atoms in total. The highest BCUT2D eigenvalue weighted by Crippen LogP contribution is 2.32. The molecule has 1 aliphatic rings. The van der Waals surface area contributed by atoms with Crippen LogP contribution < -0.4 is 0 Å². The van der Waals surface area contributed by atoms with Crippen molar-refractivity contribution in [2.45, 2.75) is 24.1 Å². The fourth-order valence-corrected chi connectivity index (χ4v) is 2.84.